The first-order valence-corrected chi connectivity index (χ1v) is 9.35. The summed E-state index contributed by atoms with van der Waals surface area (Å²) in [5.74, 6) is 1.07. The summed E-state index contributed by atoms with van der Waals surface area (Å²) in [5.41, 5.74) is 1.85. The van der Waals surface area contributed by atoms with Crippen LogP contribution >= 0.6 is 23.2 Å². The normalized spacial score (nSPS) is 15.0. The Labute approximate surface area is 158 Å². The Morgan fingerprint density at radius 1 is 1.04 bits per heavy atom. The maximum atomic E-state index is 12.0. The lowest BCUT2D eigenvalue weighted by molar-refractivity contribution is -0.118. The lowest BCUT2D eigenvalue weighted by Crippen LogP contribution is -2.20. The Kier molecular flexibility index (Phi) is 6.22. The topological polar surface area (TPSA) is 38.3 Å². The number of halogens is 2. The summed E-state index contributed by atoms with van der Waals surface area (Å²) in [6.07, 6.45) is 6.51. The molecule has 1 aliphatic rings. The first kappa shape index (κ1) is 18.1. The van der Waals surface area contributed by atoms with Gasteiger partial charge in [0.15, 0.2) is 6.61 Å². The van der Waals surface area contributed by atoms with Crippen LogP contribution in [0.4, 0.5) is 5.69 Å². The summed E-state index contributed by atoms with van der Waals surface area (Å²) in [6, 6.07) is 13.2. The maximum Gasteiger partial charge on any atom is 0.262 e. The van der Waals surface area contributed by atoms with E-state index in [4.69, 9.17) is 27.9 Å². The third-order valence-electron chi connectivity index (χ3n) is 4.55. The van der Waals surface area contributed by atoms with Crippen molar-refractivity contribution in [2.24, 2.45) is 0 Å². The number of anilines is 1. The smallest absolute Gasteiger partial charge is 0.262 e. The number of benzene rings is 2. The number of amides is 1. The molecule has 0 bridgehead atoms. The molecule has 3 rings (SSSR count). The maximum absolute atomic E-state index is 12.0. The Morgan fingerprint density at radius 3 is 2.48 bits per heavy atom. The molecule has 2 aromatic carbocycles. The quantitative estimate of drug-likeness (QED) is 0.687. The molecule has 3 nitrogen and oxygen atoms in total. The molecule has 1 saturated carbocycles. The molecule has 5 heteroatoms. The molecule has 0 radical (unpaired) electrons. The van der Waals surface area contributed by atoms with E-state index >= 15 is 0 Å². The van der Waals surface area contributed by atoms with Gasteiger partial charge in [-0.1, -0.05) is 60.7 Å². The molecular weight excluding hydrogens is 357 g/mol. The highest BCUT2D eigenvalue weighted by atomic mass is 35.5. The molecule has 0 atom stereocenters. The van der Waals surface area contributed by atoms with Crippen LogP contribution in [0.15, 0.2) is 42.5 Å². The van der Waals surface area contributed by atoms with Gasteiger partial charge in [-0.3, -0.25) is 4.79 Å². The van der Waals surface area contributed by atoms with E-state index in [2.05, 4.69) is 17.4 Å². The minimum atomic E-state index is -0.277. The Bertz CT molecular complexity index is 725. The number of ether oxygens (including phenoxy) is 1. The summed E-state index contributed by atoms with van der Waals surface area (Å²) in [6.45, 7) is -0.0778. The Morgan fingerprint density at radius 2 is 1.76 bits per heavy atom. The Hall–Kier alpha value is -1.71. The van der Waals surface area contributed by atoms with E-state index in [-0.39, 0.29) is 12.5 Å². The highest BCUT2D eigenvalue weighted by Crippen LogP contribution is 2.33. The average molecular weight is 378 g/mol. The zero-order valence-corrected chi connectivity index (χ0v) is 15.4. The second-order valence-corrected chi connectivity index (χ2v) is 7.13. The number of hydrogen-bond donors (Lipinski definition) is 1. The van der Waals surface area contributed by atoms with Crippen LogP contribution in [0, 0.1) is 0 Å². The molecule has 1 fully saturated rings. The Balaban J connectivity index is 1.52. The lowest BCUT2D eigenvalue weighted by atomic mass is 9.84. The van der Waals surface area contributed by atoms with Crippen molar-refractivity contribution in [1.29, 1.82) is 0 Å². The molecule has 132 valence electrons. The van der Waals surface area contributed by atoms with E-state index in [1.807, 2.05) is 12.1 Å². The third-order valence-corrected chi connectivity index (χ3v) is 5.37. The zero-order valence-electron chi connectivity index (χ0n) is 13.9. The highest BCUT2D eigenvalue weighted by Gasteiger charge is 2.15. The van der Waals surface area contributed by atoms with Gasteiger partial charge in [-0.05, 0) is 48.6 Å². The SMILES string of the molecule is O=C(COc1ccc(C2CCCCC2)cc1)Nc1cccc(Cl)c1Cl. The molecule has 0 heterocycles. The van der Waals surface area contributed by atoms with Gasteiger partial charge in [0.25, 0.3) is 5.91 Å². The van der Waals surface area contributed by atoms with Gasteiger partial charge in [-0.15, -0.1) is 0 Å². The first-order valence-electron chi connectivity index (χ1n) is 8.60. The summed E-state index contributed by atoms with van der Waals surface area (Å²) in [7, 11) is 0. The molecule has 0 saturated heterocycles. The molecule has 1 N–H and O–H groups in total. The number of rotatable bonds is 5. The number of carbonyl (C=O) groups excluding carboxylic acids is 1. The fraction of sp³-hybridized carbons (Fsp3) is 0.350. The van der Waals surface area contributed by atoms with Gasteiger partial charge in [0.05, 0.1) is 15.7 Å². The van der Waals surface area contributed by atoms with Crippen molar-refractivity contribution < 1.29 is 9.53 Å². The zero-order chi connectivity index (χ0) is 17.6. The third kappa shape index (κ3) is 4.90. The average Bonchev–Trinajstić information content (AvgIpc) is 2.65. The summed E-state index contributed by atoms with van der Waals surface area (Å²) >= 11 is 12.0. The second kappa shape index (κ2) is 8.59. The lowest BCUT2D eigenvalue weighted by Gasteiger charge is -2.22. The molecule has 1 aliphatic carbocycles. The summed E-state index contributed by atoms with van der Waals surface area (Å²) < 4.78 is 5.56. The number of hydrogen-bond acceptors (Lipinski definition) is 2. The summed E-state index contributed by atoms with van der Waals surface area (Å²) in [5, 5.41) is 3.43. The van der Waals surface area contributed by atoms with E-state index in [0.29, 0.717) is 27.4 Å². The van der Waals surface area contributed by atoms with Gasteiger partial charge in [0.2, 0.25) is 0 Å². The standard InChI is InChI=1S/C20H21Cl2NO2/c21-17-7-4-8-18(20(17)22)23-19(24)13-25-16-11-9-15(10-12-16)14-5-2-1-3-6-14/h4,7-12,14H,1-3,5-6,13H2,(H,23,24). The van der Waals surface area contributed by atoms with Crippen molar-refractivity contribution in [2.45, 2.75) is 38.0 Å². The van der Waals surface area contributed by atoms with E-state index in [9.17, 15) is 4.79 Å². The van der Waals surface area contributed by atoms with Crippen molar-refractivity contribution in [3.05, 3.63) is 58.1 Å². The fourth-order valence-electron chi connectivity index (χ4n) is 3.21. The van der Waals surface area contributed by atoms with Gasteiger partial charge in [-0.2, -0.15) is 0 Å². The largest absolute Gasteiger partial charge is 0.484 e. The highest BCUT2D eigenvalue weighted by molar-refractivity contribution is 6.43. The minimum absolute atomic E-state index is 0.0778. The molecule has 25 heavy (non-hydrogen) atoms. The van der Waals surface area contributed by atoms with Gasteiger partial charge >= 0.3 is 0 Å². The molecule has 1 amide bonds. The van der Waals surface area contributed by atoms with E-state index < -0.39 is 0 Å². The van der Waals surface area contributed by atoms with E-state index in [1.54, 1.807) is 18.2 Å². The molecule has 0 aromatic heterocycles. The van der Waals surface area contributed by atoms with E-state index in [1.165, 1.54) is 37.7 Å². The minimum Gasteiger partial charge on any atom is -0.484 e. The predicted octanol–water partition coefficient (Wildman–Crippen LogP) is 6.06. The van der Waals surface area contributed by atoms with Crippen molar-refractivity contribution >= 4 is 34.8 Å². The second-order valence-electron chi connectivity index (χ2n) is 6.34. The first-order chi connectivity index (χ1) is 12.1. The molecule has 0 spiro atoms. The summed E-state index contributed by atoms with van der Waals surface area (Å²) in [4.78, 5) is 12.0. The number of nitrogens with one attached hydrogen (secondary N) is 1. The van der Waals surface area contributed by atoms with Crippen molar-refractivity contribution in [2.75, 3.05) is 11.9 Å². The van der Waals surface area contributed by atoms with Gasteiger partial charge < -0.3 is 10.1 Å². The fourth-order valence-corrected chi connectivity index (χ4v) is 3.56. The van der Waals surface area contributed by atoms with Crippen LogP contribution in [0.5, 0.6) is 5.75 Å². The van der Waals surface area contributed by atoms with Gasteiger partial charge in [-0.25, -0.2) is 0 Å². The van der Waals surface area contributed by atoms with Gasteiger partial charge in [0.1, 0.15) is 5.75 Å². The number of carbonyl (C=O) groups is 1. The molecular formula is C20H21Cl2NO2. The van der Waals surface area contributed by atoms with E-state index in [0.717, 1.165) is 0 Å². The van der Waals surface area contributed by atoms with Crippen LogP contribution in [-0.4, -0.2) is 12.5 Å². The van der Waals surface area contributed by atoms with Crippen LogP contribution in [0.2, 0.25) is 10.0 Å². The predicted molar refractivity (Wildman–Crippen MR) is 103 cm³/mol. The molecule has 2 aromatic rings. The van der Waals surface area contributed by atoms with Crippen LogP contribution in [0.25, 0.3) is 0 Å². The van der Waals surface area contributed by atoms with Crippen LogP contribution in [0.1, 0.15) is 43.6 Å². The van der Waals surface area contributed by atoms with Crippen LogP contribution in [0.3, 0.4) is 0 Å². The van der Waals surface area contributed by atoms with Gasteiger partial charge in [0, 0.05) is 0 Å². The van der Waals surface area contributed by atoms with Crippen LogP contribution in [-0.2, 0) is 4.79 Å². The van der Waals surface area contributed by atoms with Crippen molar-refractivity contribution in [1.82, 2.24) is 0 Å². The monoisotopic (exact) mass is 377 g/mol. The molecule has 0 aliphatic heterocycles. The van der Waals surface area contributed by atoms with Crippen molar-refractivity contribution in [3.8, 4) is 5.75 Å². The van der Waals surface area contributed by atoms with Crippen LogP contribution < -0.4 is 10.1 Å². The molecule has 0 unspecified atom stereocenters. The van der Waals surface area contributed by atoms with Crippen molar-refractivity contribution in [3.63, 3.8) is 0 Å².